The van der Waals surface area contributed by atoms with Gasteiger partial charge in [-0.2, -0.15) is 0 Å². The Labute approximate surface area is 185 Å². The molecule has 31 heavy (non-hydrogen) atoms. The lowest BCUT2D eigenvalue weighted by Gasteiger charge is -2.24. The highest BCUT2D eigenvalue weighted by Crippen LogP contribution is 2.51. The lowest BCUT2D eigenvalue weighted by molar-refractivity contribution is 0.448. The molecule has 0 unspecified atom stereocenters. The molecule has 1 nitrogen and oxygen atoms in total. The van der Waals surface area contributed by atoms with E-state index < -0.39 is 0 Å². The van der Waals surface area contributed by atoms with Crippen molar-refractivity contribution >= 4 is 0 Å². The molecule has 0 amide bonds. The Hall–Kier alpha value is -3.32. The second-order valence-corrected chi connectivity index (χ2v) is 9.65. The molecule has 0 aromatic heterocycles. The molecule has 1 aliphatic rings. The van der Waals surface area contributed by atoms with E-state index in [0.29, 0.717) is 5.75 Å². The molecule has 0 saturated heterocycles. The molecule has 4 aromatic carbocycles. The van der Waals surface area contributed by atoms with Crippen LogP contribution in [-0.4, -0.2) is 5.11 Å². The van der Waals surface area contributed by atoms with E-state index in [1.54, 1.807) is 0 Å². The Morgan fingerprint density at radius 1 is 0.613 bits per heavy atom. The number of rotatable bonds is 2. The Bertz CT molecular complexity index is 1240. The average Bonchev–Trinajstić information content (AvgIpc) is 3.08. The van der Waals surface area contributed by atoms with E-state index in [1.165, 1.54) is 33.4 Å². The van der Waals surface area contributed by atoms with Gasteiger partial charge < -0.3 is 5.11 Å². The zero-order valence-corrected chi connectivity index (χ0v) is 18.6. The predicted octanol–water partition coefficient (Wildman–Crippen LogP) is 7.83. The van der Waals surface area contributed by atoms with Crippen LogP contribution in [0, 0.1) is 6.92 Å². The third-order valence-corrected chi connectivity index (χ3v) is 6.49. The topological polar surface area (TPSA) is 20.2 Å². The molecule has 1 heteroatoms. The molecule has 0 saturated carbocycles. The zero-order chi connectivity index (χ0) is 21.8. The maximum atomic E-state index is 11.3. The highest BCUT2D eigenvalue weighted by atomic mass is 16.3. The van der Waals surface area contributed by atoms with E-state index in [9.17, 15) is 5.11 Å². The average molecular weight is 405 g/mol. The number of phenols is 1. The summed E-state index contributed by atoms with van der Waals surface area (Å²) in [5.41, 5.74) is 10.6. The Kier molecular flexibility index (Phi) is 4.51. The number of aromatic hydroxyl groups is 1. The monoisotopic (exact) mass is 404 g/mol. The number of para-hydroxylation sites is 1. The van der Waals surface area contributed by atoms with Gasteiger partial charge in [-0.1, -0.05) is 111 Å². The molecule has 0 bridgehead atoms. The first kappa shape index (κ1) is 19.6. The molecular weight excluding hydrogens is 376 g/mol. The summed E-state index contributed by atoms with van der Waals surface area (Å²) >= 11 is 0. The predicted molar refractivity (Wildman–Crippen MR) is 130 cm³/mol. The second kappa shape index (κ2) is 7.13. The van der Waals surface area contributed by atoms with Crippen molar-refractivity contribution in [1.82, 2.24) is 0 Å². The van der Waals surface area contributed by atoms with Crippen molar-refractivity contribution in [3.8, 4) is 28.0 Å². The Morgan fingerprint density at radius 2 is 1.16 bits per heavy atom. The standard InChI is InChI=1S/C30H28O/c1-19-16-17-22(25-14-9-15-27(29(25)31)30(2,3)4)26(18-19)28-23-12-7-5-10-20(23)21-11-6-8-13-24(21)28/h5-18,28,31H,1-4H3. The van der Waals surface area contributed by atoms with Gasteiger partial charge in [-0.15, -0.1) is 0 Å². The maximum Gasteiger partial charge on any atom is 0.127 e. The van der Waals surface area contributed by atoms with E-state index in [2.05, 4.69) is 100 Å². The Balaban J connectivity index is 1.79. The van der Waals surface area contributed by atoms with Crippen LogP contribution in [0.15, 0.2) is 84.9 Å². The molecule has 1 N–H and O–H groups in total. The number of fused-ring (bicyclic) bond motifs is 3. The maximum absolute atomic E-state index is 11.3. The summed E-state index contributed by atoms with van der Waals surface area (Å²) in [4.78, 5) is 0. The summed E-state index contributed by atoms with van der Waals surface area (Å²) < 4.78 is 0. The van der Waals surface area contributed by atoms with Gasteiger partial charge in [0.1, 0.15) is 5.75 Å². The molecule has 0 heterocycles. The molecule has 0 atom stereocenters. The molecule has 154 valence electrons. The van der Waals surface area contributed by atoms with E-state index in [-0.39, 0.29) is 11.3 Å². The molecule has 0 radical (unpaired) electrons. The number of aryl methyl sites for hydroxylation is 1. The van der Waals surface area contributed by atoms with Gasteiger partial charge in [-0.05, 0) is 51.3 Å². The fourth-order valence-corrected chi connectivity index (χ4v) is 5.02. The van der Waals surface area contributed by atoms with Gasteiger partial charge >= 0.3 is 0 Å². The number of hydrogen-bond acceptors (Lipinski definition) is 1. The van der Waals surface area contributed by atoms with Crippen LogP contribution in [0.1, 0.15) is 54.5 Å². The largest absolute Gasteiger partial charge is 0.507 e. The van der Waals surface area contributed by atoms with E-state index >= 15 is 0 Å². The molecule has 0 aliphatic heterocycles. The van der Waals surface area contributed by atoms with Crippen molar-refractivity contribution < 1.29 is 5.11 Å². The number of phenolic OH excluding ortho intramolecular Hbond substituents is 1. The third-order valence-electron chi connectivity index (χ3n) is 6.49. The van der Waals surface area contributed by atoms with Crippen LogP contribution in [-0.2, 0) is 5.41 Å². The highest BCUT2D eigenvalue weighted by molar-refractivity contribution is 5.84. The van der Waals surface area contributed by atoms with Crippen molar-refractivity contribution in [1.29, 1.82) is 0 Å². The smallest absolute Gasteiger partial charge is 0.127 e. The van der Waals surface area contributed by atoms with E-state index in [4.69, 9.17) is 0 Å². The van der Waals surface area contributed by atoms with Crippen LogP contribution < -0.4 is 0 Å². The first-order chi connectivity index (χ1) is 14.9. The molecule has 1 aliphatic carbocycles. The fourth-order valence-electron chi connectivity index (χ4n) is 5.02. The lowest BCUT2D eigenvalue weighted by Crippen LogP contribution is -2.11. The Morgan fingerprint density at radius 3 is 1.77 bits per heavy atom. The van der Waals surface area contributed by atoms with Gasteiger partial charge in [-0.3, -0.25) is 0 Å². The number of hydrogen-bond donors (Lipinski definition) is 1. The summed E-state index contributed by atoms with van der Waals surface area (Å²) in [6.07, 6.45) is 0. The summed E-state index contributed by atoms with van der Waals surface area (Å²) in [6.45, 7) is 8.58. The fraction of sp³-hybridized carbons (Fsp3) is 0.200. The van der Waals surface area contributed by atoms with Gasteiger partial charge in [-0.25, -0.2) is 0 Å². The van der Waals surface area contributed by atoms with Crippen molar-refractivity contribution in [2.24, 2.45) is 0 Å². The van der Waals surface area contributed by atoms with Crippen molar-refractivity contribution in [2.75, 3.05) is 0 Å². The van der Waals surface area contributed by atoms with Crippen LogP contribution >= 0.6 is 0 Å². The minimum atomic E-state index is -0.127. The lowest BCUT2D eigenvalue weighted by atomic mass is 9.80. The molecule has 0 fully saturated rings. The van der Waals surface area contributed by atoms with Crippen LogP contribution in [0.3, 0.4) is 0 Å². The van der Waals surface area contributed by atoms with Gasteiger partial charge in [0.05, 0.1) is 0 Å². The summed E-state index contributed by atoms with van der Waals surface area (Å²) in [5, 5.41) is 11.3. The normalized spacial score (nSPS) is 13.2. The molecule has 0 spiro atoms. The van der Waals surface area contributed by atoms with Gasteiger partial charge in [0, 0.05) is 11.5 Å². The van der Waals surface area contributed by atoms with Crippen molar-refractivity contribution in [3.63, 3.8) is 0 Å². The van der Waals surface area contributed by atoms with Crippen molar-refractivity contribution in [3.05, 3.63) is 113 Å². The van der Waals surface area contributed by atoms with Gasteiger partial charge in [0.15, 0.2) is 0 Å². The van der Waals surface area contributed by atoms with Crippen LogP contribution in [0.2, 0.25) is 0 Å². The summed E-state index contributed by atoms with van der Waals surface area (Å²) in [7, 11) is 0. The molecule has 4 aromatic rings. The van der Waals surface area contributed by atoms with Crippen LogP contribution in [0.5, 0.6) is 5.75 Å². The quantitative estimate of drug-likeness (QED) is 0.318. The third kappa shape index (κ3) is 3.16. The van der Waals surface area contributed by atoms with Crippen LogP contribution in [0.4, 0.5) is 0 Å². The van der Waals surface area contributed by atoms with E-state index in [1.807, 2.05) is 12.1 Å². The minimum absolute atomic E-state index is 0.127. The van der Waals surface area contributed by atoms with Crippen molar-refractivity contribution in [2.45, 2.75) is 39.0 Å². The van der Waals surface area contributed by atoms with Crippen LogP contribution in [0.25, 0.3) is 22.3 Å². The zero-order valence-electron chi connectivity index (χ0n) is 18.6. The first-order valence-electron chi connectivity index (χ1n) is 11.0. The van der Waals surface area contributed by atoms with Gasteiger partial charge in [0.2, 0.25) is 0 Å². The SMILES string of the molecule is Cc1ccc(-c2cccc(C(C)(C)C)c2O)c(C2c3ccccc3-c3ccccc32)c1. The first-order valence-corrected chi connectivity index (χ1v) is 11.0. The minimum Gasteiger partial charge on any atom is -0.507 e. The summed E-state index contributed by atoms with van der Waals surface area (Å²) in [5.74, 6) is 0.541. The highest BCUT2D eigenvalue weighted by Gasteiger charge is 2.32. The molecular formula is C30H28O. The summed E-state index contributed by atoms with van der Waals surface area (Å²) in [6, 6.07) is 30.2. The van der Waals surface area contributed by atoms with Gasteiger partial charge in [0.25, 0.3) is 0 Å². The second-order valence-electron chi connectivity index (χ2n) is 9.65. The van der Waals surface area contributed by atoms with E-state index in [0.717, 1.165) is 16.7 Å². The molecule has 5 rings (SSSR count). The number of benzene rings is 4.